The number of rotatable bonds is 6. The first kappa shape index (κ1) is 15.0. The van der Waals surface area contributed by atoms with E-state index in [1.54, 1.807) is 0 Å². The fourth-order valence-electron chi connectivity index (χ4n) is 2.39. The van der Waals surface area contributed by atoms with Gasteiger partial charge in [-0.3, -0.25) is 4.98 Å². The normalized spacial score (nSPS) is 12.3. The summed E-state index contributed by atoms with van der Waals surface area (Å²) in [4.78, 5) is 4.48. The summed E-state index contributed by atoms with van der Waals surface area (Å²) in [7, 11) is 0. The van der Waals surface area contributed by atoms with Gasteiger partial charge in [0, 0.05) is 23.8 Å². The third kappa shape index (κ3) is 3.81. The maximum absolute atomic E-state index is 6.07. The summed E-state index contributed by atoms with van der Waals surface area (Å²) in [5.74, 6) is 0. The molecule has 0 bridgehead atoms. The van der Waals surface area contributed by atoms with Crippen molar-refractivity contribution in [3.63, 3.8) is 0 Å². The van der Waals surface area contributed by atoms with Crippen LogP contribution in [0.5, 0.6) is 0 Å². The Labute approximate surface area is 126 Å². The van der Waals surface area contributed by atoms with Crippen LogP contribution in [0, 0.1) is 0 Å². The van der Waals surface area contributed by atoms with Crippen LogP contribution in [0.4, 0.5) is 0 Å². The van der Waals surface area contributed by atoms with Crippen LogP contribution in [0.15, 0.2) is 42.6 Å². The van der Waals surface area contributed by atoms with Gasteiger partial charge in [-0.05, 0) is 42.2 Å². The van der Waals surface area contributed by atoms with Crippen LogP contribution in [0.3, 0.4) is 0 Å². The maximum Gasteiger partial charge on any atom is 0.0573 e. The molecule has 106 valence electrons. The van der Waals surface area contributed by atoms with Crippen LogP contribution in [0.2, 0.25) is 5.02 Å². The Bertz CT molecular complexity index is 554. The second-order valence-corrected chi connectivity index (χ2v) is 5.30. The first-order valence-electron chi connectivity index (χ1n) is 7.16. The minimum atomic E-state index is 0.306. The average Bonchev–Trinajstić information content (AvgIpc) is 2.48. The molecular weight excluding hydrogens is 268 g/mol. The van der Waals surface area contributed by atoms with E-state index in [9.17, 15) is 0 Å². The van der Waals surface area contributed by atoms with E-state index in [1.807, 2.05) is 30.5 Å². The molecular formula is C17H21ClN2. The Hall–Kier alpha value is -1.38. The number of nitrogens with zero attached hydrogens (tertiary/aromatic N) is 1. The van der Waals surface area contributed by atoms with E-state index in [0.29, 0.717) is 6.04 Å². The van der Waals surface area contributed by atoms with Crippen LogP contribution < -0.4 is 5.32 Å². The standard InChI is InChI=1S/C17H21ClN2/c1-3-13-8-6-10-19-17(13)12-20-16(4-2)14-7-5-9-15(18)11-14/h5-11,16,20H,3-4,12H2,1-2H3. The minimum Gasteiger partial charge on any atom is -0.304 e. The van der Waals surface area contributed by atoms with Crippen LogP contribution in [0.25, 0.3) is 0 Å². The summed E-state index contributed by atoms with van der Waals surface area (Å²) >= 11 is 6.07. The van der Waals surface area contributed by atoms with Crippen molar-refractivity contribution < 1.29 is 0 Å². The van der Waals surface area contributed by atoms with Gasteiger partial charge >= 0.3 is 0 Å². The second-order valence-electron chi connectivity index (χ2n) is 4.86. The van der Waals surface area contributed by atoms with Gasteiger partial charge in [-0.2, -0.15) is 0 Å². The largest absolute Gasteiger partial charge is 0.304 e. The molecule has 2 aromatic rings. The Morgan fingerprint density at radius 3 is 2.75 bits per heavy atom. The van der Waals surface area contributed by atoms with E-state index in [2.05, 4.69) is 36.3 Å². The molecule has 0 aliphatic carbocycles. The summed E-state index contributed by atoms with van der Waals surface area (Å²) in [5.41, 5.74) is 3.67. The van der Waals surface area contributed by atoms with Crippen molar-refractivity contribution in [2.75, 3.05) is 0 Å². The minimum absolute atomic E-state index is 0.306. The molecule has 0 amide bonds. The van der Waals surface area contributed by atoms with Gasteiger partial charge in [0.15, 0.2) is 0 Å². The number of halogens is 1. The third-order valence-corrected chi connectivity index (χ3v) is 3.78. The van der Waals surface area contributed by atoms with Gasteiger partial charge in [0.1, 0.15) is 0 Å². The first-order valence-corrected chi connectivity index (χ1v) is 7.54. The molecule has 1 unspecified atom stereocenters. The van der Waals surface area contributed by atoms with Crippen molar-refractivity contribution in [3.8, 4) is 0 Å². The van der Waals surface area contributed by atoms with Crippen molar-refractivity contribution in [2.45, 2.75) is 39.3 Å². The van der Waals surface area contributed by atoms with Crippen LogP contribution in [-0.2, 0) is 13.0 Å². The number of nitrogens with one attached hydrogen (secondary N) is 1. The lowest BCUT2D eigenvalue weighted by Gasteiger charge is -2.18. The molecule has 0 spiro atoms. The maximum atomic E-state index is 6.07. The zero-order valence-corrected chi connectivity index (χ0v) is 12.8. The van der Waals surface area contributed by atoms with Crippen molar-refractivity contribution in [3.05, 3.63) is 64.4 Å². The number of benzene rings is 1. The van der Waals surface area contributed by atoms with E-state index >= 15 is 0 Å². The lowest BCUT2D eigenvalue weighted by Crippen LogP contribution is -2.21. The van der Waals surface area contributed by atoms with Gasteiger partial charge in [0.2, 0.25) is 0 Å². The lowest BCUT2D eigenvalue weighted by molar-refractivity contribution is 0.512. The van der Waals surface area contributed by atoms with Crippen LogP contribution in [0.1, 0.15) is 43.1 Å². The molecule has 20 heavy (non-hydrogen) atoms. The summed E-state index contributed by atoms with van der Waals surface area (Å²) < 4.78 is 0. The summed E-state index contributed by atoms with van der Waals surface area (Å²) in [5, 5.41) is 4.37. The molecule has 0 radical (unpaired) electrons. The first-order chi connectivity index (χ1) is 9.74. The van der Waals surface area contributed by atoms with Crippen molar-refractivity contribution >= 4 is 11.6 Å². The smallest absolute Gasteiger partial charge is 0.0573 e. The molecule has 1 N–H and O–H groups in total. The molecule has 0 saturated carbocycles. The van der Waals surface area contributed by atoms with E-state index in [1.165, 1.54) is 11.1 Å². The summed E-state index contributed by atoms with van der Waals surface area (Å²) in [6.45, 7) is 5.13. The van der Waals surface area contributed by atoms with Gasteiger partial charge < -0.3 is 5.32 Å². The fraction of sp³-hybridized carbons (Fsp3) is 0.353. The molecule has 1 atom stereocenters. The van der Waals surface area contributed by atoms with E-state index in [4.69, 9.17) is 11.6 Å². The summed E-state index contributed by atoms with van der Waals surface area (Å²) in [6.07, 6.45) is 3.89. The van der Waals surface area contributed by atoms with Gasteiger partial charge in [-0.1, -0.05) is 43.6 Å². The highest BCUT2D eigenvalue weighted by molar-refractivity contribution is 6.30. The zero-order chi connectivity index (χ0) is 14.4. The lowest BCUT2D eigenvalue weighted by atomic mass is 10.0. The molecule has 2 rings (SSSR count). The van der Waals surface area contributed by atoms with Crippen molar-refractivity contribution in [1.29, 1.82) is 0 Å². The molecule has 0 fully saturated rings. The molecule has 0 aliphatic rings. The predicted molar refractivity (Wildman–Crippen MR) is 84.9 cm³/mol. The van der Waals surface area contributed by atoms with Gasteiger partial charge in [-0.15, -0.1) is 0 Å². The number of hydrogen-bond acceptors (Lipinski definition) is 2. The van der Waals surface area contributed by atoms with Gasteiger partial charge in [0.05, 0.1) is 5.69 Å². The topological polar surface area (TPSA) is 24.9 Å². The Morgan fingerprint density at radius 2 is 2.05 bits per heavy atom. The second kappa shape index (κ2) is 7.41. The highest BCUT2D eigenvalue weighted by Gasteiger charge is 2.10. The number of aromatic nitrogens is 1. The van der Waals surface area contributed by atoms with Crippen molar-refractivity contribution in [2.24, 2.45) is 0 Å². The van der Waals surface area contributed by atoms with E-state index in [0.717, 1.165) is 30.1 Å². The molecule has 1 aromatic heterocycles. The Balaban J connectivity index is 2.08. The van der Waals surface area contributed by atoms with Gasteiger partial charge in [-0.25, -0.2) is 0 Å². The number of pyridine rings is 1. The van der Waals surface area contributed by atoms with E-state index in [-0.39, 0.29) is 0 Å². The molecule has 3 heteroatoms. The predicted octanol–water partition coefficient (Wildman–Crippen LogP) is 4.54. The summed E-state index contributed by atoms with van der Waals surface area (Å²) in [6, 6.07) is 12.5. The Morgan fingerprint density at radius 1 is 1.20 bits per heavy atom. The quantitative estimate of drug-likeness (QED) is 0.844. The molecule has 0 aliphatic heterocycles. The molecule has 1 heterocycles. The van der Waals surface area contributed by atoms with E-state index < -0.39 is 0 Å². The molecule has 2 nitrogen and oxygen atoms in total. The zero-order valence-electron chi connectivity index (χ0n) is 12.1. The van der Waals surface area contributed by atoms with Gasteiger partial charge in [0.25, 0.3) is 0 Å². The SMILES string of the molecule is CCc1cccnc1CNC(CC)c1cccc(Cl)c1. The van der Waals surface area contributed by atoms with Crippen LogP contribution >= 0.6 is 11.6 Å². The Kier molecular flexibility index (Phi) is 5.57. The highest BCUT2D eigenvalue weighted by Crippen LogP contribution is 2.21. The fourth-order valence-corrected chi connectivity index (χ4v) is 2.59. The van der Waals surface area contributed by atoms with Crippen LogP contribution in [-0.4, -0.2) is 4.98 Å². The number of aryl methyl sites for hydroxylation is 1. The molecule has 0 saturated heterocycles. The monoisotopic (exact) mass is 288 g/mol. The average molecular weight is 289 g/mol. The highest BCUT2D eigenvalue weighted by atomic mass is 35.5. The molecule has 1 aromatic carbocycles. The number of hydrogen-bond donors (Lipinski definition) is 1. The third-order valence-electron chi connectivity index (χ3n) is 3.54. The van der Waals surface area contributed by atoms with Crippen molar-refractivity contribution in [1.82, 2.24) is 10.3 Å².